The third-order valence-corrected chi connectivity index (χ3v) is 10.6. The lowest BCUT2D eigenvalue weighted by atomic mass is 10.0. The number of primary amides is 2. The Bertz CT molecular complexity index is 583. The fourth-order valence-corrected chi connectivity index (χ4v) is 7.32. The Morgan fingerprint density at radius 3 is 0.354 bits per heavy atom. The summed E-state index contributed by atoms with van der Waals surface area (Å²) < 4.78 is 0. The maximum absolute atomic E-state index is 10.7. The monoisotopic (exact) mass is 677 g/mol. The number of hydrogen-bond acceptors (Lipinski definition) is 2. The smallest absolute Gasteiger partial charge is 0.217 e. The van der Waals surface area contributed by atoms with Crippen LogP contribution in [0.1, 0.15) is 270 Å². The number of unbranched alkanes of at least 4 members (excludes halogenated alkanes) is 39. The molecule has 0 fully saturated rings. The lowest BCUT2D eigenvalue weighted by Crippen LogP contribution is -2.09. The zero-order chi connectivity index (χ0) is 34.9. The average Bonchev–Trinajstić information content (AvgIpc) is 3.06. The minimum absolute atomic E-state index is 0.150. The first-order chi connectivity index (χ1) is 23.6. The number of amides is 2. The van der Waals surface area contributed by atoms with Gasteiger partial charge in [-0.3, -0.25) is 9.59 Å². The van der Waals surface area contributed by atoms with Crippen LogP contribution in [0, 0.1) is 0 Å². The van der Waals surface area contributed by atoms with Crippen molar-refractivity contribution in [2.75, 3.05) is 0 Å². The van der Waals surface area contributed by atoms with E-state index in [2.05, 4.69) is 0 Å². The second kappa shape index (κ2) is 42.1. The normalized spacial score (nSPS) is 11.4. The van der Waals surface area contributed by atoms with Gasteiger partial charge in [-0.2, -0.15) is 0 Å². The summed E-state index contributed by atoms with van der Waals surface area (Å²) in [6.07, 6.45) is 56.8. The maximum atomic E-state index is 10.7. The van der Waals surface area contributed by atoms with Crippen LogP contribution in [0.25, 0.3) is 0 Å². The summed E-state index contributed by atoms with van der Waals surface area (Å²) >= 11 is 0. The first-order valence-electron chi connectivity index (χ1n) is 22.2. The first-order valence-corrected chi connectivity index (χ1v) is 22.2. The van der Waals surface area contributed by atoms with Gasteiger partial charge in [-0.1, -0.05) is 244 Å². The highest BCUT2D eigenvalue weighted by atomic mass is 16.1. The third-order valence-electron chi connectivity index (χ3n) is 10.6. The van der Waals surface area contributed by atoms with E-state index >= 15 is 0 Å². The maximum Gasteiger partial charge on any atom is 0.217 e. The molecule has 4 N–H and O–H groups in total. The SMILES string of the molecule is NC(=O)CCCCCCCCCCCCCCCCCCCCCCCCCCCCCCCCCCCCCCCCCCC(N)=O. The van der Waals surface area contributed by atoms with E-state index in [9.17, 15) is 9.59 Å². The van der Waals surface area contributed by atoms with Crippen molar-refractivity contribution < 1.29 is 9.59 Å². The van der Waals surface area contributed by atoms with Gasteiger partial charge in [0.05, 0.1) is 0 Å². The molecule has 4 heteroatoms. The Kier molecular flexibility index (Phi) is 41.2. The summed E-state index contributed by atoms with van der Waals surface area (Å²) in [6, 6.07) is 0. The molecule has 0 saturated carbocycles. The van der Waals surface area contributed by atoms with Gasteiger partial charge >= 0.3 is 0 Å². The molecule has 2 amide bonds. The Hall–Kier alpha value is -1.06. The summed E-state index contributed by atoms with van der Waals surface area (Å²) in [5, 5.41) is 0. The Morgan fingerprint density at radius 1 is 0.188 bits per heavy atom. The molecular weight excluding hydrogens is 588 g/mol. The summed E-state index contributed by atoms with van der Waals surface area (Å²) in [5.41, 5.74) is 10.4. The van der Waals surface area contributed by atoms with E-state index < -0.39 is 0 Å². The zero-order valence-corrected chi connectivity index (χ0v) is 32.7. The van der Waals surface area contributed by atoms with Crippen molar-refractivity contribution in [3.05, 3.63) is 0 Å². The van der Waals surface area contributed by atoms with Crippen molar-refractivity contribution in [1.82, 2.24) is 0 Å². The van der Waals surface area contributed by atoms with Crippen LogP contribution in [0.2, 0.25) is 0 Å². The van der Waals surface area contributed by atoms with Crippen molar-refractivity contribution in [1.29, 1.82) is 0 Å². The van der Waals surface area contributed by atoms with Crippen LogP contribution in [0.3, 0.4) is 0 Å². The highest BCUT2D eigenvalue weighted by molar-refractivity contribution is 5.73. The van der Waals surface area contributed by atoms with Crippen LogP contribution >= 0.6 is 0 Å². The highest BCUT2D eigenvalue weighted by Crippen LogP contribution is 2.18. The lowest BCUT2D eigenvalue weighted by molar-refractivity contribution is -0.119. The molecule has 4 nitrogen and oxygen atoms in total. The molecule has 0 rings (SSSR count). The predicted molar refractivity (Wildman–Crippen MR) is 212 cm³/mol. The topological polar surface area (TPSA) is 86.2 Å². The summed E-state index contributed by atoms with van der Waals surface area (Å²) in [6.45, 7) is 0. The average molecular weight is 677 g/mol. The standard InChI is InChI=1S/C44H88N2O2/c45-43(47)41-39-37-35-33-31-29-27-25-23-21-19-17-15-13-11-9-7-5-3-1-2-4-6-8-10-12-14-16-18-20-22-24-26-28-30-32-34-36-38-40-42-44(46)48/h1-42H2,(H2,45,47)(H2,46,48). The molecule has 0 aromatic carbocycles. The van der Waals surface area contributed by atoms with Gasteiger partial charge in [0.15, 0.2) is 0 Å². The fourth-order valence-electron chi connectivity index (χ4n) is 7.32. The third kappa shape index (κ3) is 44.9. The van der Waals surface area contributed by atoms with E-state index in [1.165, 1.54) is 231 Å². The van der Waals surface area contributed by atoms with Crippen LogP contribution in [-0.2, 0) is 9.59 Å². The molecule has 0 atom stereocenters. The molecule has 0 radical (unpaired) electrons. The first kappa shape index (κ1) is 46.9. The van der Waals surface area contributed by atoms with Crippen molar-refractivity contribution in [2.45, 2.75) is 270 Å². The van der Waals surface area contributed by atoms with Gasteiger partial charge in [-0.05, 0) is 12.8 Å². The molecule has 0 heterocycles. The van der Waals surface area contributed by atoms with Crippen LogP contribution < -0.4 is 11.5 Å². The van der Waals surface area contributed by atoms with Gasteiger partial charge in [0.25, 0.3) is 0 Å². The van der Waals surface area contributed by atoms with Gasteiger partial charge in [-0.25, -0.2) is 0 Å². The van der Waals surface area contributed by atoms with Gasteiger partial charge in [0.2, 0.25) is 11.8 Å². The summed E-state index contributed by atoms with van der Waals surface area (Å²) in [4.78, 5) is 21.4. The minimum atomic E-state index is -0.150. The van der Waals surface area contributed by atoms with Crippen LogP contribution in [0.5, 0.6) is 0 Å². The number of carbonyl (C=O) groups is 2. The highest BCUT2D eigenvalue weighted by Gasteiger charge is 1.99. The van der Waals surface area contributed by atoms with Gasteiger partial charge < -0.3 is 11.5 Å². The molecule has 48 heavy (non-hydrogen) atoms. The van der Waals surface area contributed by atoms with Gasteiger partial charge in [-0.15, -0.1) is 0 Å². The second-order valence-electron chi connectivity index (χ2n) is 15.6. The molecule has 0 bridgehead atoms. The van der Waals surface area contributed by atoms with E-state index in [4.69, 9.17) is 11.5 Å². The zero-order valence-electron chi connectivity index (χ0n) is 32.7. The predicted octanol–water partition coefficient (Wildman–Crippen LogP) is 14.3. The molecule has 0 aromatic rings. The Labute approximate surface area is 301 Å². The van der Waals surface area contributed by atoms with Gasteiger partial charge in [0.1, 0.15) is 0 Å². The molecule has 0 saturated heterocycles. The number of rotatable bonds is 43. The number of nitrogens with two attached hydrogens (primary N) is 2. The van der Waals surface area contributed by atoms with E-state index in [0.717, 1.165) is 25.7 Å². The quantitative estimate of drug-likeness (QED) is 0.0630. The minimum Gasteiger partial charge on any atom is -0.370 e. The lowest BCUT2D eigenvalue weighted by Gasteiger charge is -2.05. The molecule has 0 aliphatic rings. The molecular formula is C44H88N2O2. The molecule has 0 spiro atoms. The fraction of sp³-hybridized carbons (Fsp3) is 0.955. The molecule has 286 valence electrons. The van der Waals surface area contributed by atoms with Crippen molar-refractivity contribution in [3.63, 3.8) is 0 Å². The largest absolute Gasteiger partial charge is 0.370 e. The Morgan fingerprint density at radius 2 is 0.271 bits per heavy atom. The second-order valence-corrected chi connectivity index (χ2v) is 15.6. The molecule has 0 aliphatic carbocycles. The van der Waals surface area contributed by atoms with Crippen molar-refractivity contribution >= 4 is 11.8 Å². The van der Waals surface area contributed by atoms with Crippen molar-refractivity contribution in [3.8, 4) is 0 Å². The summed E-state index contributed by atoms with van der Waals surface area (Å²) in [5.74, 6) is -0.300. The molecule has 0 aromatic heterocycles. The van der Waals surface area contributed by atoms with E-state index in [1.54, 1.807) is 0 Å². The van der Waals surface area contributed by atoms with E-state index in [0.29, 0.717) is 12.8 Å². The molecule has 0 aliphatic heterocycles. The van der Waals surface area contributed by atoms with Crippen molar-refractivity contribution in [2.24, 2.45) is 11.5 Å². The number of carbonyl (C=O) groups excluding carboxylic acids is 2. The Balaban J connectivity index is 3.05. The van der Waals surface area contributed by atoms with E-state index in [-0.39, 0.29) is 11.8 Å². The van der Waals surface area contributed by atoms with Crippen LogP contribution in [0.15, 0.2) is 0 Å². The summed E-state index contributed by atoms with van der Waals surface area (Å²) in [7, 11) is 0. The molecule has 0 unspecified atom stereocenters. The van der Waals surface area contributed by atoms with Gasteiger partial charge in [0, 0.05) is 12.8 Å². The van der Waals surface area contributed by atoms with Crippen LogP contribution in [0.4, 0.5) is 0 Å². The van der Waals surface area contributed by atoms with E-state index in [1.807, 2.05) is 0 Å². The van der Waals surface area contributed by atoms with Crippen LogP contribution in [-0.4, -0.2) is 11.8 Å². The number of hydrogen-bond donors (Lipinski definition) is 2.